The number of unbranched alkanes of at least 4 members (excludes halogenated alkanes) is 7. The standard InChI is InChI=1S/C17H27IO8/c18-10-8-6-4-2-1-3-5-7-9-11(19)12-15(22)26-13(14(20)21)17(12,25)16(23)24/h11-13,19,25H,1-10H2,(H,20,21)(H,23,24). The number of carbonyl (C=O) groups is 3. The molecule has 9 heteroatoms. The van der Waals surface area contributed by atoms with Crippen molar-refractivity contribution in [3.63, 3.8) is 0 Å². The molecule has 4 unspecified atom stereocenters. The van der Waals surface area contributed by atoms with Gasteiger partial charge in [0.05, 0.1) is 6.10 Å². The molecule has 1 fully saturated rings. The van der Waals surface area contributed by atoms with Gasteiger partial charge in [0.1, 0.15) is 5.92 Å². The third kappa shape index (κ3) is 5.78. The second-order valence-corrected chi connectivity index (χ2v) is 7.72. The Bertz CT molecular complexity index is 497. The number of esters is 1. The van der Waals surface area contributed by atoms with Gasteiger partial charge in [0, 0.05) is 0 Å². The van der Waals surface area contributed by atoms with Gasteiger partial charge < -0.3 is 25.2 Å². The number of carboxylic acid groups (broad SMARTS) is 2. The lowest BCUT2D eigenvalue weighted by Crippen LogP contribution is -2.57. The van der Waals surface area contributed by atoms with E-state index in [0.717, 1.165) is 25.7 Å². The first kappa shape index (κ1) is 23.1. The summed E-state index contributed by atoms with van der Waals surface area (Å²) >= 11 is 2.36. The van der Waals surface area contributed by atoms with Crippen LogP contribution in [0.2, 0.25) is 0 Å². The van der Waals surface area contributed by atoms with Crippen molar-refractivity contribution in [3.05, 3.63) is 0 Å². The number of hydrogen-bond donors (Lipinski definition) is 4. The molecule has 1 aliphatic rings. The summed E-state index contributed by atoms with van der Waals surface area (Å²) in [7, 11) is 0. The fraction of sp³-hybridized carbons (Fsp3) is 0.824. The molecule has 0 bridgehead atoms. The van der Waals surface area contributed by atoms with Gasteiger partial charge in [-0.05, 0) is 17.3 Å². The highest BCUT2D eigenvalue weighted by Crippen LogP contribution is 2.37. The van der Waals surface area contributed by atoms with Crippen molar-refractivity contribution in [2.75, 3.05) is 4.43 Å². The molecule has 0 aromatic heterocycles. The van der Waals surface area contributed by atoms with Crippen LogP contribution in [0.1, 0.15) is 57.8 Å². The second kappa shape index (κ2) is 11.0. The molecule has 0 aromatic carbocycles. The molecule has 0 aliphatic carbocycles. The Hall–Kier alpha value is -0.940. The Kier molecular flexibility index (Phi) is 9.80. The lowest BCUT2D eigenvalue weighted by atomic mass is 9.80. The van der Waals surface area contributed by atoms with Crippen molar-refractivity contribution in [2.45, 2.75) is 75.6 Å². The number of cyclic esters (lactones) is 1. The zero-order valence-electron chi connectivity index (χ0n) is 14.6. The van der Waals surface area contributed by atoms with E-state index in [1.165, 1.54) is 23.7 Å². The van der Waals surface area contributed by atoms with E-state index in [2.05, 4.69) is 27.3 Å². The van der Waals surface area contributed by atoms with E-state index in [1.807, 2.05) is 0 Å². The van der Waals surface area contributed by atoms with Crippen LogP contribution in [0.4, 0.5) is 0 Å². The number of alkyl halides is 1. The number of aliphatic hydroxyl groups is 2. The van der Waals surface area contributed by atoms with Gasteiger partial charge in [-0.25, -0.2) is 9.59 Å². The summed E-state index contributed by atoms with van der Waals surface area (Å²) in [4.78, 5) is 34.3. The Balaban J connectivity index is 2.45. The number of aliphatic carboxylic acids is 2. The van der Waals surface area contributed by atoms with E-state index in [-0.39, 0.29) is 6.42 Å². The van der Waals surface area contributed by atoms with Crippen molar-refractivity contribution in [1.82, 2.24) is 0 Å². The molecule has 0 radical (unpaired) electrons. The maximum Gasteiger partial charge on any atom is 0.348 e. The van der Waals surface area contributed by atoms with Gasteiger partial charge in [0.15, 0.2) is 0 Å². The van der Waals surface area contributed by atoms with Crippen LogP contribution in [0.3, 0.4) is 0 Å². The molecule has 4 atom stereocenters. The Morgan fingerprint density at radius 3 is 2.00 bits per heavy atom. The highest BCUT2D eigenvalue weighted by atomic mass is 127. The van der Waals surface area contributed by atoms with Gasteiger partial charge in [-0.1, -0.05) is 67.5 Å². The summed E-state index contributed by atoms with van der Waals surface area (Å²) in [6, 6.07) is 0. The molecular weight excluding hydrogens is 459 g/mol. The summed E-state index contributed by atoms with van der Waals surface area (Å²) < 4.78 is 5.67. The molecule has 0 amide bonds. The number of halogens is 1. The molecule has 0 aromatic rings. The number of rotatable bonds is 13. The maximum absolute atomic E-state index is 11.8. The van der Waals surface area contributed by atoms with E-state index in [0.29, 0.717) is 6.42 Å². The number of ether oxygens (including phenoxy) is 1. The molecular formula is C17H27IO8. The monoisotopic (exact) mass is 486 g/mol. The third-order valence-corrected chi connectivity index (χ3v) is 5.46. The topological polar surface area (TPSA) is 141 Å². The minimum Gasteiger partial charge on any atom is -0.479 e. The van der Waals surface area contributed by atoms with Crippen LogP contribution in [-0.2, 0) is 19.1 Å². The first-order chi connectivity index (χ1) is 12.3. The molecule has 1 aliphatic heterocycles. The van der Waals surface area contributed by atoms with Crippen molar-refractivity contribution in [2.24, 2.45) is 5.92 Å². The normalized spacial score (nSPS) is 26.5. The molecule has 0 saturated carbocycles. The largest absolute Gasteiger partial charge is 0.479 e. The minimum absolute atomic E-state index is 0.0938. The predicted octanol–water partition coefficient (Wildman–Crippen LogP) is 1.74. The van der Waals surface area contributed by atoms with Gasteiger partial charge in [-0.15, -0.1) is 0 Å². The zero-order chi connectivity index (χ0) is 19.7. The van der Waals surface area contributed by atoms with Gasteiger partial charge in [-0.3, -0.25) is 4.79 Å². The SMILES string of the molecule is O=C(O)C1OC(=O)C(C(O)CCCCCCCCCCI)C1(O)C(=O)O. The number of carbonyl (C=O) groups excluding carboxylic acids is 1. The fourth-order valence-corrected chi connectivity index (χ4v) is 3.77. The van der Waals surface area contributed by atoms with Crippen LogP contribution in [-0.4, -0.2) is 60.6 Å². The summed E-state index contributed by atoms with van der Waals surface area (Å²) in [5, 5.41) is 38.6. The van der Waals surface area contributed by atoms with Crippen LogP contribution in [0.5, 0.6) is 0 Å². The second-order valence-electron chi connectivity index (χ2n) is 6.64. The lowest BCUT2D eigenvalue weighted by Gasteiger charge is -2.27. The van der Waals surface area contributed by atoms with E-state index in [1.54, 1.807) is 0 Å². The quantitative estimate of drug-likeness (QED) is 0.134. The van der Waals surface area contributed by atoms with Crippen LogP contribution in [0, 0.1) is 5.92 Å². The van der Waals surface area contributed by atoms with Gasteiger partial charge in [-0.2, -0.15) is 0 Å². The average Bonchev–Trinajstić information content (AvgIpc) is 2.85. The van der Waals surface area contributed by atoms with E-state index in [9.17, 15) is 29.7 Å². The van der Waals surface area contributed by atoms with Crippen LogP contribution >= 0.6 is 22.6 Å². The van der Waals surface area contributed by atoms with Gasteiger partial charge in [0.2, 0.25) is 11.7 Å². The Labute approximate surface area is 166 Å². The summed E-state index contributed by atoms with van der Waals surface area (Å²) in [6.45, 7) is 0. The summed E-state index contributed by atoms with van der Waals surface area (Å²) in [6.07, 6.45) is 4.58. The molecule has 150 valence electrons. The van der Waals surface area contributed by atoms with Crippen molar-refractivity contribution in [3.8, 4) is 0 Å². The van der Waals surface area contributed by atoms with Crippen LogP contribution in [0.15, 0.2) is 0 Å². The Morgan fingerprint density at radius 1 is 1.04 bits per heavy atom. The number of hydrogen-bond acceptors (Lipinski definition) is 6. The van der Waals surface area contributed by atoms with Crippen molar-refractivity contribution in [1.29, 1.82) is 0 Å². The van der Waals surface area contributed by atoms with E-state index in [4.69, 9.17) is 5.11 Å². The van der Waals surface area contributed by atoms with E-state index >= 15 is 0 Å². The molecule has 1 heterocycles. The third-order valence-electron chi connectivity index (χ3n) is 4.70. The molecule has 26 heavy (non-hydrogen) atoms. The molecule has 8 nitrogen and oxygen atoms in total. The first-order valence-corrected chi connectivity index (χ1v) is 10.4. The minimum atomic E-state index is -2.97. The first-order valence-electron chi connectivity index (χ1n) is 8.89. The fourth-order valence-electron chi connectivity index (χ4n) is 3.23. The highest BCUT2D eigenvalue weighted by Gasteiger charge is 2.66. The van der Waals surface area contributed by atoms with Crippen LogP contribution in [0.25, 0.3) is 0 Å². The molecule has 0 spiro atoms. The predicted molar refractivity (Wildman–Crippen MR) is 100 cm³/mol. The molecule has 1 saturated heterocycles. The van der Waals surface area contributed by atoms with Crippen molar-refractivity contribution < 1.29 is 39.5 Å². The number of aliphatic hydroxyl groups excluding tert-OH is 1. The van der Waals surface area contributed by atoms with E-state index < -0.39 is 41.6 Å². The summed E-state index contributed by atoms with van der Waals surface area (Å²) in [5.74, 6) is -6.67. The average molecular weight is 486 g/mol. The Morgan fingerprint density at radius 2 is 1.54 bits per heavy atom. The summed E-state index contributed by atoms with van der Waals surface area (Å²) in [5.41, 5.74) is -2.97. The smallest absolute Gasteiger partial charge is 0.348 e. The van der Waals surface area contributed by atoms with Crippen LogP contribution < -0.4 is 0 Å². The molecule has 1 rings (SSSR count). The highest BCUT2D eigenvalue weighted by molar-refractivity contribution is 14.1. The molecule has 4 N–H and O–H groups in total. The lowest BCUT2D eigenvalue weighted by molar-refractivity contribution is -0.181. The maximum atomic E-state index is 11.8. The zero-order valence-corrected chi connectivity index (χ0v) is 16.8. The van der Waals surface area contributed by atoms with Crippen molar-refractivity contribution >= 4 is 40.5 Å². The van der Waals surface area contributed by atoms with Gasteiger partial charge in [0.25, 0.3) is 0 Å². The van der Waals surface area contributed by atoms with Gasteiger partial charge >= 0.3 is 17.9 Å². The number of carboxylic acids is 2.